The van der Waals surface area contributed by atoms with Gasteiger partial charge in [-0.25, -0.2) is 14.5 Å². The monoisotopic (exact) mass is 308 g/mol. The molecule has 1 aromatic heterocycles. The molecule has 10 nitrogen and oxygen atoms in total. The minimum absolute atomic E-state index is 0.0601. The van der Waals surface area contributed by atoms with Crippen molar-refractivity contribution in [1.82, 2.24) is 9.97 Å². The molecular weight excluding hydrogens is 295 g/mol. The van der Waals surface area contributed by atoms with Crippen molar-refractivity contribution in [3.05, 3.63) is 24.3 Å². The zero-order valence-electron chi connectivity index (χ0n) is 9.92. The van der Waals surface area contributed by atoms with E-state index in [9.17, 15) is 19.9 Å². The molecule has 2 unspecified atom stereocenters. The van der Waals surface area contributed by atoms with Gasteiger partial charge in [0.1, 0.15) is 24.4 Å². The summed E-state index contributed by atoms with van der Waals surface area (Å²) >= 11 is 0. The Morgan fingerprint density at radius 2 is 1.85 bits per heavy atom. The molecule has 0 aromatic carbocycles. The predicted molar refractivity (Wildman–Crippen MR) is 60.8 cm³/mol. The molecule has 0 bridgehead atoms. The van der Waals surface area contributed by atoms with E-state index in [0.717, 1.165) is 0 Å². The second kappa shape index (κ2) is 5.80. The molecule has 0 saturated carbocycles. The van der Waals surface area contributed by atoms with Crippen LogP contribution in [-0.2, 0) is 13.8 Å². The van der Waals surface area contributed by atoms with Gasteiger partial charge in [-0.15, -0.1) is 0 Å². The third kappa shape index (κ3) is 3.37. The summed E-state index contributed by atoms with van der Waals surface area (Å²) in [5.74, 6) is 0.0601. The maximum Gasteiger partial charge on any atom is 0.472 e. The molecular formula is C9H13N2O8P. The van der Waals surface area contributed by atoms with E-state index >= 15 is 0 Å². The summed E-state index contributed by atoms with van der Waals surface area (Å²) in [5, 5.41) is 29.0. The second-order valence-corrected chi connectivity index (χ2v) is 5.29. The van der Waals surface area contributed by atoms with Crippen LogP contribution in [0.15, 0.2) is 18.5 Å². The Morgan fingerprint density at radius 1 is 1.25 bits per heavy atom. The number of hydrogen-bond donors (Lipinski definition) is 5. The van der Waals surface area contributed by atoms with E-state index < -0.39 is 38.5 Å². The summed E-state index contributed by atoms with van der Waals surface area (Å²) in [4.78, 5) is 24.8. The fourth-order valence-corrected chi connectivity index (χ4v) is 2.21. The highest BCUT2D eigenvalue weighted by atomic mass is 31.2. The van der Waals surface area contributed by atoms with E-state index in [4.69, 9.17) is 14.5 Å². The van der Waals surface area contributed by atoms with Gasteiger partial charge in [0, 0.05) is 12.4 Å². The van der Waals surface area contributed by atoms with Crippen LogP contribution in [0.3, 0.4) is 0 Å². The lowest BCUT2D eigenvalue weighted by atomic mass is 10.1. The summed E-state index contributed by atoms with van der Waals surface area (Å²) in [6.45, 7) is 0. The maximum atomic E-state index is 10.6. The number of aromatic nitrogens is 2. The zero-order valence-corrected chi connectivity index (χ0v) is 10.8. The molecule has 112 valence electrons. The van der Waals surface area contributed by atoms with E-state index in [2.05, 4.69) is 14.5 Å². The molecule has 5 atom stereocenters. The highest BCUT2D eigenvalue weighted by molar-refractivity contribution is 7.46. The first-order valence-corrected chi connectivity index (χ1v) is 7.03. The normalized spacial score (nSPS) is 32.2. The molecule has 1 saturated heterocycles. The summed E-state index contributed by atoms with van der Waals surface area (Å²) in [7, 11) is -4.97. The molecule has 1 aliphatic heterocycles. The maximum absolute atomic E-state index is 10.6. The Bertz CT molecular complexity index is 496. The first-order valence-electron chi connectivity index (χ1n) is 5.50. The lowest BCUT2D eigenvalue weighted by Crippen LogP contribution is -2.39. The Labute approximate surface area is 112 Å². The van der Waals surface area contributed by atoms with Crippen molar-refractivity contribution in [3.63, 3.8) is 0 Å². The number of hydrogen-bond acceptors (Lipinski definition) is 8. The Balaban J connectivity index is 2.13. The van der Waals surface area contributed by atoms with Gasteiger partial charge in [0.2, 0.25) is 0 Å². The third-order valence-electron chi connectivity index (χ3n) is 2.67. The molecule has 1 aromatic rings. The van der Waals surface area contributed by atoms with Crippen LogP contribution in [0.2, 0.25) is 0 Å². The molecule has 0 amide bonds. The van der Waals surface area contributed by atoms with Gasteiger partial charge in [-0.3, -0.25) is 4.52 Å². The first-order chi connectivity index (χ1) is 9.29. The van der Waals surface area contributed by atoms with E-state index in [1.165, 1.54) is 18.5 Å². The fourth-order valence-electron chi connectivity index (χ4n) is 1.81. The van der Waals surface area contributed by atoms with Gasteiger partial charge in [0.15, 0.2) is 12.1 Å². The largest absolute Gasteiger partial charge is 0.472 e. The van der Waals surface area contributed by atoms with Gasteiger partial charge in [-0.05, 0) is 6.07 Å². The lowest BCUT2D eigenvalue weighted by Gasteiger charge is -2.21. The smallest absolute Gasteiger partial charge is 0.387 e. The molecule has 2 rings (SSSR count). The van der Waals surface area contributed by atoms with Crippen LogP contribution in [0.5, 0.6) is 0 Å². The molecule has 11 heteroatoms. The van der Waals surface area contributed by atoms with Gasteiger partial charge >= 0.3 is 7.82 Å². The average molecular weight is 308 g/mol. The number of aliphatic hydroxyl groups is 3. The SMILES string of the molecule is O=P(O)(O)OC(O)[C@H]1OC(c2ncccn2)[C@@H](O)[C@@H]1O. The van der Waals surface area contributed by atoms with E-state index in [-0.39, 0.29) is 5.82 Å². The Kier molecular flexibility index (Phi) is 4.47. The quantitative estimate of drug-likeness (QED) is 0.312. The molecule has 5 N–H and O–H groups in total. The van der Waals surface area contributed by atoms with Crippen molar-refractivity contribution in [2.24, 2.45) is 0 Å². The van der Waals surface area contributed by atoms with Gasteiger partial charge < -0.3 is 29.8 Å². The summed E-state index contributed by atoms with van der Waals surface area (Å²) in [6, 6.07) is 1.53. The standard InChI is InChI=1S/C9H13N2O8P/c12-4-5(13)7(9(14)19-20(15,16)17)18-6(4)8-10-2-1-3-11-8/h1-7,9,12-14H,(H2,15,16,17)/t4-,5-,6?,7-,9?/m0/s1. The summed E-state index contributed by atoms with van der Waals surface area (Å²) in [6.07, 6.45) is -5.13. The Hall–Kier alpha value is -0.970. The van der Waals surface area contributed by atoms with Crippen LogP contribution in [0.1, 0.15) is 11.9 Å². The van der Waals surface area contributed by atoms with Crippen molar-refractivity contribution < 1.29 is 38.9 Å². The van der Waals surface area contributed by atoms with Crippen molar-refractivity contribution in [3.8, 4) is 0 Å². The summed E-state index contributed by atoms with van der Waals surface area (Å²) < 4.78 is 19.8. The molecule has 0 spiro atoms. The molecule has 0 radical (unpaired) electrons. The number of aliphatic hydroxyl groups excluding tert-OH is 3. The van der Waals surface area contributed by atoms with Crippen molar-refractivity contribution in [2.75, 3.05) is 0 Å². The van der Waals surface area contributed by atoms with Crippen LogP contribution in [0.4, 0.5) is 0 Å². The molecule has 1 aliphatic rings. The highest BCUT2D eigenvalue weighted by Gasteiger charge is 2.49. The highest BCUT2D eigenvalue weighted by Crippen LogP contribution is 2.41. The minimum Gasteiger partial charge on any atom is -0.387 e. The van der Waals surface area contributed by atoms with E-state index in [0.29, 0.717) is 0 Å². The summed E-state index contributed by atoms with van der Waals surface area (Å²) in [5.41, 5.74) is 0. The second-order valence-electron chi connectivity index (χ2n) is 4.10. The van der Waals surface area contributed by atoms with Crippen molar-refractivity contribution >= 4 is 7.82 Å². The van der Waals surface area contributed by atoms with Crippen LogP contribution in [-0.4, -0.2) is 59.7 Å². The van der Waals surface area contributed by atoms with Gasteiger partial charge in [-0.1, -0.05) is 0 Å². The fraction of sp³-hybridized carbons (Fsp3) is 0.556. The molecule has 0 aliphatic carbocycles. The van der Waals surface area contributed by atoms with Crippen molar-refractivity contribution in [1.29, 1.82) is 0 Å². The van der Waals surface area contributed by atoms with Gasteiger partial charge in [0.05, 0.1) is 0 Å². The molecule has 1 fully saturated rings. The Morgan fingerprint density at radius 3 is 2.40 bits per heavy atom. The molecule has 20 heavy (non-hydrogen) atoms. The van der Waals surface area contributed by atoms with Crippen LogP contribution in [0.25, 0.3) is 0 Å². The number of nitrogens with zero attached hydrogens (tertiary/aromatic N) is 2. The average Bonchev–Trinajstić information content (AvgIpc) is 2.66. The molecule has 2 heterocycles. The first kappa shape index (κ1) is 15.4. The number of phosphoric ester groups is 1. The van der Waals surface area contributed by atoms with Gasteiger partial charge in [-0.2, -0.15) is 0 Å². The van der Waals surface area contributed by atoms with Crippen LogP contribution in [0, 0.1) is 0 Å². The van der Waals surface area contributed by atoms with E-state index in [1.807, 2.05) is 0 Å². The number of rotatable bonds is 4. The van der Waals surface area contributed by atoms with Gasteiger partial charge in [0.25, 0.3) is 0 Å². The van der Waals surface area contributed by atoms with E-state index in [1.54, 1.807) is 0 Å². The van der Waals surface area contributed by atoms with Crippen molar-refractivity contribution in [2.45, 2.75) is 30.7 Å². The predicted octanol–water partition coefficient (Wildman–Crippen LogP) is -1.93. The minimum atomic E-state index is -4.97. The topological polar surface area (TPSA) is 162 Å². The van der Waals surface area contributed by atoms with Crippen LogP contribution >= 0.6 is 7.82 Å². The van der Waals surface area contributed by atoms with Crippen LogP contribution < -0.4 is 0 Å². The number of phosphoric acid groups is 1. The third-order valence-corrected chi connectivity index (χ3v) is 3.16. The zero-order chi connectivity index (χ0) is 14.9. The lowest BCUT2D eigenvalue weighted by molar-refractivity contribution is -0.154. The number of ether oxygens (including phenoxy) is 1.